The zero-order valence-electron chi connectivity index (χ0n) is 43.1. The second-order valence-electron chi connectivity index (χ2n) is 23.7. The van der Waals surface area contributed by atoms with Crippen LogP contribution >= 0.6 is 0 Å². The summed E-state index contributed by atoms with van der Waals surface area (Å²) in [5.74, 6) is -5.51. The minimum absolute atomic E-state index is 0.0679. The molecule has 0 aromatic heterocycles. The van der Waals surface area contributed by atoms with E-state index >= 15 is 0 Å². The van der Waals surface area contributed by atoms with Crippen LogP contribution in [0.2, 0.25) is 0 Å². The van der Waals surface area contributed by atoms with Crippen LogP contribution in [0.25, 0.3) is 0 Å². The lowest BCUT2D eigenvalue weighted by molar-refractivity contribution is -0.439. The van der Waals surface area contributed by atoms with Crippen LogP contribution in [0.4, 0.5) is 0 Å². The van der Waals surface area contributed by atoms with Crippen molar-refractivity contribution in [3.8, 4) is 0 Å². The van der Waals surface area contributed by atoms with Crippen molar-refractivity contribution in [2.45, 2.75) is 192 Å². The van der Waals surface area contributed by atoms with E-state index in [-0.39, 0.29) is 39.4 Å². The number of allylic oxidation sites excluding steroid dienone is 2. The summed E-state index contributed by atoms with van der Waals surface area (Å²) >= 11 is 0. The van der Waals surface area contributed by atoms with Crippen molar-refractivity contribution in [1.82, 2.24) is 0 Å². The van der Waals surface area contributed by atoms with Crippen LogP contribution < -0.4 is 0 Å². The van der Waals surface area contributed by atoms with Gasteiger partial charge >= 0.3 is 29.7 Å². The third-order valence-corrected chi connectivity index (χ3v) is 19.6. The topological polar surface area (TPSA) is 271 Å². The Morgan fingerprint density at radius 3 is 2.07 bits per heavy atom. The highest BCUT2D eigenvalue weighted by atomic mass is 16.8. The van der Waals surface area contributed by atoms with Crippen LogP contribution in [-0.4, -0.2) is 171 Å². The Balaban J connectivity index is 1.04. The fourth-order valence-electron chi connectivity index (χ4n) is 15.3. The van der Waals surface area contributed by atoms with Crippen molar-refractivity contribution < 1.29 is 96.8 Å². The van der Waals surface area contributed by atoms with Gasteiger partial charge in [-0.3, -0.25) is 4.79 Å². The zero-order chi connectivity index (χ0) is 52.0. The normalized spacial score (nSPS) is 47.6. The molecule has 0 unspecified atom stereocenters. The number of fused-ring (bicyclic) bond motifs is 8. The number of aliphatic hydroxyl groups is 5. The molecule has 8 rings (SSSR count). The summed E-state index contributed by atoms with van der Waals surface area (Å²) in [7, 11) is 4.51. The number of methoxy groups -OCH3 is 4. The maximum atomic E-state index is 14.7. The van der Waals surface area contributed by atoms with Crippen molar-refractivity contribution in [3.05, 3.63) is 11.6 Å². The molecule has 3 saturated heterocycles. The molecule has 71 heavy (non-hydrogen) atoms. The molecule has 0 radical (unpaired) electrons. The van der Waals surface area contributed by atoms with Gasteiger partial charge in [0.05, 0.1) is 39.5 Å². The number of carbonyl (C=O) groups is 4. The summed E-state index contributed by atoms with van der Waals surface area (Å²) in [6.45, 7) is 14.8. The summed E-state index contributed by atoms with van der Waals surface area (Å²) in [5.41, 5.74) is -0.795. The molecule has 20 atom stereocenters. The number of hydrogen-bond donors (Lipinski definition) is 5. The van der Waals surface area contributed by atoms with Gasteiger partial charge < -0.3 is 77.6 Å². The molecular weight excluding hydrogens is 933 g/mol. The number of aliphatic hydroxyl groups excluding tert-OH is 5. The Morgan fingerprint density at radius 1 is 0.718 bits per heavy atom. The van der Waals surface area contributed by atoms with Gasteiger partial charge in [-0.2, -0.15) is 0 Å². The Labute approximate surface area is 415 Å². The second kappa shape index (κ2) is 19.4. The molecule has 0 bridgehead atoms. The highest BCUT2D eigenvalue weighted by Crippen LogP contribution is 2.76. The van der Waals surface area contributed by atoms with Gasteiger partial charge in [0.25, 0.3) is 0 Å². The molecule has 20 heteroatoms. The van der Waals surface area contributed by atoms with E-state index in [2.05, 4.69) is 54.5 Å². The fraction of sp³-hybridized carbons (Fsp3) is 0.882. The molecule has 3 aliphatic heterocycles. The first-order valence-electron chi connectivity index (χ1n) is 25.2. The van der Waals surface area contributed by atoms with Crippen LogP contribution in [-0.2, 0) is 71.3 Å². The second-order valence-corrected chi connectivity index (χ2v) is 23.7. The fourth-order valence-corrected chi connectivity index (χ4v) is 15.3. The van der Waals surface area contributed by atoms with Crippen LogP contribution in [0.3, 0.4) is 0 Å². The van der Waals surface area contributed by atoms with Crippen LogP contribution in [0.15, 0.2) is 11.6 Å². The first-order chi connectivity index (χ1) is 33.3. The lowest BCUT2D eigenvalue weighted by atomic mass is 9.33. The van der Waals surface area contributed by atoms with Gasteiger partial charge in [-0.1, -0.05) is 60.1 Å². The van der Waals surface area contributed by atoms with Gasteiger partial charge in [0, 0.05) is 7.11 Å². The van der Waals surface area contributed by atoms with E-state index < -0.39 is 128 Å². The first kappa shape index (κ1) is 54.4. The predicted octanol–water partition coefficient (Wildman–Crippen LogP) is 2.59. The number of carbonyl (C=O) groups excluding carboxylic acids is 4. The summed E-state index contributed by atoms with van der Waals surface area (Å²) in [6, 6.07) is 0. The molecule has 0 amide bonds. The van der Waals surface area contributed by atoms with E-state index in [1.165, 1.54) is 5.57 Å². The summed E-state index contributed by atoms with van der Waals surface area (Å²) in [5, 5.41) is 53.7. The van der Waals surface area contributed by atoms with E-state index in [4.69, 9.17) is 52.1 Å². The minimum Gasteiger partial charge on any atom is -0.467 e. The zero-order valence-corrected chi connectivity index (χ0v) is 43.1. The van der Waals surface area contributed by atoms with E-state index in [0.29, 0.717) is 19.3 Å². The number of rotatable bonds is 11. The van der Waals surface area contributed by atoms with Crippen molar-refractivity contribution in [3.63, 3.8) is 0 Å². The molecular formula is C51H78O20. The molecule has 7 fully saturated rings. The van der Waals surface area contributed by atoms with Gasteiger partial charge in [0.15, 0.2) is 12.4 Å². The average molecular weight is 1010 g/mol. The molecule has 0 aromatic carbocycles. The highest BCUT2D eigenvalue weighted by Gasteiger charge is 2.71. The Bertz CT molecular complexity index is 2060. The number of esters is 4. The number of hydrogen-bond acceptors (Lipinski definition) is 20. The van der Waals surface area contributed by atoms with Crippen molar-refractivity contribution in [2.24, 2.45) is 50.2 Å². The quantitative estimate of drug-likeness (QED) is 0.0861. The molecule has 5 N–H and O–H groups in total. The molecule has 402 valence electrons. The smallest absolute Gasteiger partial charge is 0.372 e. The summed E-state index contributed by atoms with van der Waals surface area (Å²) in [4.78, 5) is 53.6. The standard InChI is InChI=1S/C51H78O20/c1-45(2)18-20-50(42(59)70-40-34(56)33(55)32(54)27(23-52)66-40)21-19-48(6)25(26(50)22-45)12-13-29-47(5)16-15-30(46(3,4)28(47)14-17-49(29,48)7)67-41-35(57)36-37(38(68-41)39(58)62-9)71-51(64-11,43(60)63-10)44(69-36)65-24-31(53)61-8/h12,26-30,32-38,40-41,44,52,54-57H,13-24H2,1-11H3/t26-,27+,28-,29+,30-,32+,33-,34+,35+,36+,37-,38-,40-,41+,44-,47-,48+,49+,50-,51-/m0/s1. The number of ether oxygens (including phenoxy) is 11. The largest absolute Gasteiger partial charge is 0.467 e. The third-order valence-electron chi connectivity index (χ3n) is 19.6. The minimum atomic E-state index is -2.46. The molecule has 20 nitrogen and oxygen atoms in total. The van der Waals surface area contributed by atoms with Crippen molar-refractivity contribution >= 4 is 23.9 Å². The van der Waals surface area contributed by atoms with Gasteiger partial charge in [-0.15, -0.1) is 0 Å². The SMILES string of the molecule is COC(=O)CO[C@H]1O[C@@H]2[C@@H](O)[C@H](O[C@H]3CC[C@]4(C)[C@H]5CC=C6[C@@H]7CC(C)(C)CC[C@]7(C(=O)O[C@@H]7O[C@H](CO)[C@@H](O)[C@H](O)[C@H]7O)CC[C@@]6(C)[C@]5(C)CC[C@H]4C3(C)C)O[C@H](C(=O)OC)[C@H]2O[C@@]1(OC)C(=O)OC. The van der Waals surface area contributed by atoms with Crippen molar-refractivity contribution in [1.29, 1.82) is 0 Å². The van der Waals surface area contributed by atoms with Crippen LogP contribution in [0.5, 0.6) is 0 Å². The molecule has 0 spiro atoms. The average Bonchev–Trinajstić information content (AvgIpc) is 3.34. The Kier molecular flexibility index (Phi) is 14.8. The molecule has 5 aliphatic carbocycles. The van der Waals surface area contributed by atoms with Gasteiger partial charge in [-0.05, 0) is 109 Å². The van der Waals surface area contributed by atoms with E-state index in [1.54, 1.807) is 0 Å². The maximum absolute atomic E-state index is 14.7. The monoisotopic (exact) mass is 1010 g/mol. The van der Waals surface area contributed by atoms with Crippen molar-refractivity contribution in [2.75, 3.05) is 41.7 Å². The van der Waals surface area contributed by atoms with E-state index in [1.807, 2.05) is 0 Å². The van der Waals surface area contributed by atoms with Gasteiger partial charge in [0.2, 0.25) is 12.6 Å². The molecule has 3 heterocycles. The van der Waals surface area contributed by atoms with Crippen LogP contribution in [0.1, 0.15) is 113 Å². The first-order valence-corrected chi connectivity index (χ1v) is 25.2. The molecule has 0 aromatic rings. The molecule has 4 saturated carbocycles. The lowest BCUT2D eigenvalue weighted by Crippen LogP contribution is -2.73. The Morgan fingerprint density at radius 2 is 1.42 bits per heavy atom. The predicted molar refractivity (Wildman–Crippen MR) is 244 cm³/mol. The Hall–Kier alpha value is -2.86. The van der Waals surface area contributed by atoms with Gasteiger partial charge in [-0.25, -0.2) is 14.4 Å². The highest BCUT2D eigenvalue weighted by molar-refractivity contribution is 5.80. The summed E-state index contributed by atoms with van der Waals surface area (Å²) in [6.07, 6.45) is -7.70. The van der Waals surface area contributed by atoms with E-state index in [0.717, 1.165) is 73.4 Å². The maximum Gasteiger partial charge on any atom is 0.372 e. The van der Waals surface area contributed by atoms with E-state index in [9.17, 15) is 44.7 Å². The lowest BCUT2D eigenvalue weighted by Gasteiger charge is -2.71. The van der Waals surface area contributed by atoms with Crippen LogP contribution in [0, 0.1) is 50.2 Å². The summed E-state index contributed by atoms with van der Waals surface area (Å²) < 4.78 is 63.0. The van der Waals surface area contributed by atoms with Gasteiger partial charge in [0.1, 0.15) is 49.3 Å². The third kappa shape index (κ3) is 8.49. The molecule has 8 aliphatic rings.